The molecule has 8 nitrogen and oxygen atoms in total. The Hall–Kier alpha value is -2.77. The predicted molar refractivity (Wildman–Crippen MR) is 115 cm³/mol. The number of carbonyl (C=O) groups excluding carboxylic acids is 3. The second-order valence-electron chi connectivity index (χ2n) is 8.81. The number of carbonyl (C=O) groups is 3. The van der Waals surface area contributed by atoms with Crippen LogP contribution >= 0.6 is 0 Å². The summed E-state index contributed by atoms with van der Waals surface area (Å²) in [7, 11) is 0. The molecule has 0 bridgehead atoms. The molecule has 164 valence electrons. The zero-order valence-electron chi connectivity index (χ0n) is 18.1. The lowest BCUT2D eigenvalue weighted by atomic mass is 10.1. The van der Waals surface area contributed by atoms with E-state index in [2.05, 4.69) is 5.32 Å². The number of amides is 4. The Balaban J connectivity index is 1.50. The lowest BCUT2D eigenvalue weighted by molar-refractivity contribution is 0.0629. The molecular weight excluding hydrogens is 384 g/mol. The Bertz CT molecular complexity index is 758. The van der Waals surface area contributed by atoms with Crippen LogP contribution in [0.15, 0.2) is 24.3 Å². The van der Waals surface area contributed by atoms with E-state index >= 15 is 0 Å². The van der Waals surface area contributed by atoms with Crippen molar-refractivity contribution in [1.29, 1.82) is 0 Å². The summed E-state index contributed by atoms with van der Waals surface area (Å²) in [6.07, 6.45) is 2.81. The van der Waals surface area contributed by atoms with Crippen LogP contribution in [0.4, 0.5) is 15.3 Å². The smallest absolute Gasteiger partial charge is 0.412 e. The van der Waals surface area contributed by atoms with Crippen LogP contribution in [0.5, 0.6) is 0 Å². The van der Waals surface area contributed by atoms with Crippen molar-refractivity contribution in [1.82, 2.24) is 14.7 Å². The first kappa shape index (κ1) is 21.9. The fourth-order valence-electron chi connectivity index (χ4n) is 3.69. The van der Waals surface area contributed by atoms with Crippen LogP contribution in [0.25, 0.3) is 0 Å². The van der Waals surface area contributed by atoms with E-state index in [9.17, 15) is 14.4 Å². The largest absolute Gasteiger partial charge is 0.444 e. The molecule has 0 aliphatic carbocycles. The van der Waals surface area contributed by atoms with Gasteiger partial charge < -0.3 is 19.4 Å². The van der Waals surface area contributed by atoms with Gasteiger partial charge in [0, 0.05) is 50.5 Å². The van der Waals surface area contributed by atoms with Crippen molar-refractivity contribution in [3.63, 3.8) is 0 Å². The van der Waals surface area contributed by atoms with Crippen LogP contribution in [0.3, 0.4) is 0 Å². The van der Waals surface area contributed by atoms with E-state index < -0.39 is 11.7 Å². The first-order valence-corrected chi connectivity index (χ1v) is 10.7. The minimum Gasteiger partial charge on any atom is -0.444 e. The molecule has 1 aromatic rings. The maximum atomic E-state index is 12.8. The molecule has 2 saturated heterocycles. The van der Waals surface area contributed by atoms with Gasteiger partial charge in [0.15, 0.2) is 0 Å². The number of ether oxygens (including phenoxy) is 1. The fraction of sp³-hybridized carbons (Fsp3) is 0.591. The van der Waals surface area contributed by atoms with Gasteiger partial charge in [-0.2, -0.15) is 0 Å². The molecule has 30 heavy (non-hydrogen) atoms. The number of nitrogens with zero attached hydrogens (tertiary/aromatic N) is 3. The molecule has 0 aromatic heterocycles. The Morgan fingerprint density at radius 1 is 0.800 bits per heavy atom. The number of urea groups is 1. The molecular formula is C22H32N4O4. The predicted octanol–water partition coefficient (Wildman–Crippen LogP) is 3.40. The van der Waals surface area contributed by atoms with Crippen molar-refractivity contribution in [3.8, 4) is 0 Å². The maximum absolute atomic E-state index is 12.8. The number of rotatable bonds is 2. The van der Waals surface area contributed by atoms with Crippen LogP contribution < -0.4 is 5.32 Å². The third-order valence-electron chi connectivity index (χ3n) is 5.24. The number of anilines is 1. The van der Waals surface area contributed by atoms with E-state index in [1.54, 1.807) is 49.9 Å². The summed E-state index contributed by atoms with van der Waals surface area (Å²) in [5.41, 5.74) is 0.552. The van der Waals surface area contributed by atoms with Gasteiger partial charge in [-0.05, 0) is 64.3 Å². The van der Waals surface area contributed by atoms with Gasteiger partial charge in [-0.1, -0.05) is 0 Å². The summed E-state index contributed by atoms with van der Waals surface area (Å²) in [5.74, 6) is -0.0658. The van der Waals surface area contributed by atoms with Gasteiger partial charge in [-0.15, -0.1) is 0 Å². The number of likely N-dealkylation sites (tertiary alicyclic amines) is 1. The van der Waals surface area contributed by atoms with E-state index in [4.69, 9.17) is 4.74 Å². The molecule has 8 heteroatoms. The average Bonchev–Trinajstić information content (AvgIpc) is 2.72. The normalized spacial score (nSPS) is 17.5. The SMILES string of the molecule is CC(C)(C)OC(=O)Nc1ccc(C(=O)N2CCN(C(=O)N3CCCCC3)CC2)cc1. The molecule has 2 heterocycles. The highest BCUT2D eigenvalue weighted by Crippen LogP contribution is 2.17. The van der Waals surface area contributed by atoms with E-state index in [1.807, 2.05) is 9.80 Å². The second-order valence-corrected chi connectivity index (χ2v) is 8.81. The Labute approximate surface area is 178 Å². The maximum Gasteiger partial charge on any atom is 0.412 e. The molecule has 0 unspecified atom stereocenters. The monoisotopic (exact) mass is 416 g/mol. The molecule has 2 fully saturated rings. The zero-order valence-corrected chi connectivity index (χ0v) is 18.1. The van der Waals surface area contributed by atoms with Gasteiger partial charge in [0.1, 0.15) is 5.60 Å². The van der Waals surface area contributed by atoms with Crippen molar-refractivity contribution >= 4 is 23.7 Å². The number of piperidine rings is 1. The zero-order chi connectivity index (χ0) is 21.7. The lowest BCUT2D eigenvalue weighted by Crippen LogP contribution is -2.54. The topological polar surface area (TPSA) is 82.2 Å². The second kappa shape index (κ2) is 9.36. The third-order valence-corrected chi connectivity index (χ3v) is 5.24. The Morgan fingerprint density at radius 2 is 1.33 bits per heavy atom. The van der Waals surface area contributed by atoms with Crippen molar-refractivity contribution in [3.05, 3.63) is 29.8 Å². The number of nitrogens with one attached hydrogen (secondary N) is 1. The van der Waals surface area contributed by atoms with E-state index in [1.165, 1.54) is 6.42 Å². The molecule has 3 rings (SSSR count). The highest BCUT2D eigenvalue weighted by Gasteiger charge is 2.28. The van der Waals surface area contributed by atoms with Gasteiger partial charge in [0.05, 0.1) is 0 Å². The minimum atomic E-state index is -0.572. The number of piperazine rings is 1. The van der Waals surface area contributed by atoms with Crippen LogP contribution in [0, 0.1) is 0 Å². The lowest BCUT2D eigenvalue weighted by Gasteiger charge is -2.38. The highest BCUT2D eigenvalue weighted by molar-refractivity contribution is 5.95. The first-order chi connectivity index (χ1) is 14.2. The summed E-state index contributed by atoms with van der Waals surface area (Å²) in [6, 6.07) is 6.86. The molecule has 0 atom stereocenters. The molecule has 2 aliphatic rings. The standard InChI is InChI=1S/C22H32N4O4/c1-22(2,3)30-20(28)23-18-9-7-17(8-10-18)19(27)24-13-15-26(16-14-24)21(29)25-11-5-4-6-12-25/h7-10H,4-6,11-16H2,1-3H3,(H,23,28). The summed E-state index contributed by atoms with van der Waals surface area (Å²) in [4.78, 5) is 42.8. The number of hydrogen-bond donors (Lipinski definition) is 1. The van der Waals surface area contributed by atoms with Crippen molar-refractivity contribution in [2.45, 2.75) is 45.6 Å². The van der Waals surface area contributed by atoms with E-state index in [0.717, 1.165) is 25.9 Å². The van der Waals surface area contributed by atoms with Crippen molar-refractivity contribution < 1.29 is 19.1 Å². The van der Waals surface area contributed by atoms with Crippen molar-refractivity contribution in [2.24, 2.45) is 0 Å². The van der Waals surface area contributed by atoms with Gasteiger partial charge >= 0.3 is 12.1 Å². The highest BCUT2D eigenvalue weighted by atomic mass is 16.6. The van der Waals surface area contributed by atoms with E-state index in [0.29, 0.717) is 37.4 Å². The average molecular weight is 417 g/mol. The molecule has 0 saturated carbocycles. The summed E-state index contributed by atoms with van der Waals surface area (Å²) in [6.45, 7) is 9.23. The summed E-state index contributed by atoms with van der Waals surface area (Å²) >= 11 is 0. The summed E-state index contributed by atoms with van der Waals surface area (Å²) < 4.78 is 5.23. The minimum absolute atomic E-state index is 0.0658. The number of hydrogen-bond acceptors (Lipinski definition) is 4. The fourth-order valence-corrected chi connectivity index (χ4v) is 3.69. The van der Waals surface area contributed by atoms with Crippen LogP contribution in [0.1, 0.15) is 50.4 Å². The van der Waals surface area contributed by atoms with Crippen LogP contribution in [-0.2, 0) is 4.74 Å². The van der Waals surface area contributed by atoms with Crippen molar-refractivity contribution in [2.75, 3.05) is 44.6 Å². The number of benzene rings is 1. The van der Waals surface area contributed by atoms with Gasteiger partial charge in [-0.25, -0.2) is 9.59 Å². The van der Waals surface area contributed by atoms with Crippen LogP contribution in [0.2, 0.25) is 0 Å². The molecule has 1 N–H and O–H groups in total. The Morgan fingerprint density at radius 3 is 1.90 bits per heavy atom. The quantitative estimate of drug-likeness (QED) is 0.801. The molecule has 2 aliphatic heterocycles. The first-order valence-electron chi connectivity index (χ1n) is 10.7. The van der Waals surface area contributed by atoms with Gasteiger partial charge in [0.2, 0.25) is 0 Å². The summed E-state index contributed by atoms with van der Waals surface area (Å²) in [5, 5.41) is 2.66. The van der Waals surface area contributed by atoms with E-state index in [-0.39, 0.29) is 11.9 Å². The van der Waals surface area contributed by atoms with Crippen LogP contribution in [-0.4, -0.2) is 77.6 Å². The molecule has 0 spiro atoms. The molecule has 0 radical (unpaired) electrons. The van der Waals surface area contributed by atoms with Gasteiger partial charge in [0.25, 0.3) is 5.91 Å². The molecule has 4 amide bonds. The third kappa shape index (κ3) is 5.87. The molecule has 1 aromatic carbocycles. The van der Waals surface area contributed by atoms with Gasteiger partial charge in [-0.3, -0.25) is 10.1 Å². The Kier molecular flexibility index (Phi) is 6.84.